The van der Waals surface area contributed by atoms with Crippen molar-refractivity contribution in [1.29, 1.82) is 0 Å². The SMILES string of the molecule is CCCCCNC(=O)COC(=O)/C(=C/c1cccc(C)c1)c1cccs1. The molecule has 138 valence electrons. The fourth-order valence-corrected chi connectivity index (χ4v) is 3.18. The summed E-state index contributed by atoms with van der Waals surface area (Å²) in [4.78, 5) is 25.2. The number of nitrogens with one attached hydrogen (secondary N) is 1. The van der Waals surface area contributed by atoms with E-state index >= 15 is 0 Å². The molecule has 0 aliphatic rings. The van der Waals surface area contributed by atoms with Gasteiger partial charge in [0.2, 0.25) is 0 Å². The Morgan fingerprint density at radius 2 is 2.04 bits per heavy atom. The number of thiophene rings is 1. The molecule has 2 rings (SSSR count). The quantitative estimate of drug-likeness (QED) is 0.403. The third-order valence-electron chi connectivity index (χ3n) is 3.80. The number of hydrogen-bond donors (Lipinski definition) is 1. The van der Waals surface area contributed by atoms with E-state index in [-0.39, 0.29) is 12.5 Å². The molecule has 0 bridgehead atoms. The molecule has 0 atom stereocenters. The van der Waals surface area contributed by atoms with Crippen molar-refractivity contribution in [3.05, 3.63) is 57.8 Å². The summed E-state index contributed by atoms with van der Waals surface area (Å²) in [6.07, 6.45) is 4.91. The predicted molar refractivity (Wildman–Crippen MR) is 107 cm³/mol. The number of hydrogen-bond acceptors (Lipinski definition) is 4. The van der Waals surface area contributed by atoms with Crippen LogP contribution in [0, 0.1) is 6.92 Å². The van der Waals surface area contributed by atoms with Crippen molar-refractivity contribution in [3.63, 3.8) is 0 Å². The lowest BCUT2D eigenvalue weighted by Gasteiger charge is -2.08. The molecule has 1 amide bonds. The van der Waals surface area contributed by atoms with Gasteiger partial charge < -0.3 is 10.1 Å². The summed E-state index contributed by atoms with van der Waals surface area (Å²) in [5, 5.41) is 4.68. The van der Waals surface area contributed by atoms with Crippen LogP contribution in [0.4, 0.5) is 0 Å². The predicted octanol–water partition coefficient (Wildman–Crippen LogP) is 4.45. The van der Waals surface area contributed by atoms with E-state index in [0.717, 1.165) is 35.3 Å². The normalized spacial score (nSPS) is 11.2. The molecular formula is C21H25NO3S. The van der Waals surface area contributed by atoms with Crippen molar-refractivity contribution in [2.75, 3.05) is 13.2 Å². The minimum Gasteiger partial charge on any atom is -0.452 e. The second-order valence-electron chi connectivity index (χ2n) is 6.08. The molecule has 0 aliphatic carbocycles. The van der Waals surface area contributed by atoms with Gasteiger partial charge in [-0.1, -0.05) is 55.7 Å². The molecule has 0 saturated heterocycles. The van der Waals surface area contributed by atoms with Crippen molar-refractivity contribution >= 4 is 34.9 Å². The first-order valence-corrected chi connectivity index (χ1v) is 9.74. The summed E-state index contributed by atoms with van der Waals surface area (Å²) in [7, 11) is 0. The lowest BCUT2D eigenvalue weighted by molar-refractivity contribution is -0.142. The molecule has 1 N–H and O–H groups in total. The molecule has 0 aliphatic heterocycles. The lowest BCUT2D eigenvalue weighted by Crippen LogP contribution is -2.29. The lowest BCUT2D eigenvalue weighted by atomic mass is 10.1. The molecule has 1 aromatic heterocycles. The van der Waals surface area contributed by atoms with Crippen molar-refractivity contribution in [3.8, 4) is 0 Å². The standard InChI is InChI=1S/C21H25NO3S/c1-3-4-5-11-22-20(23)15-25-21(24)18(19-10-7-12-26-19)14-17-9-6-8-16(2)13-17/h6-10,12-14H,3-5,11,15H2,1-2H3,(H,22,23)/b18-14+. The molecule has 2 aromatic rings. The third-order valence-corrected chi connectivity index (χ3v) is 4.70. The van der Waals surface area contributed by atoms with Gasteiger partial charge in [0.1, 0.15) is 0 Å². The average Bonchev–Trinajstić information content (AvgIpc) is 3.16. The van der Waals surface area contributed by atoms with Gasteiger partial charge in [0.05, 0.1) is 5.57 Å². The Morgan fingerprint density at radius 3 is 2.73 bits per heavy atom. The number of carbonyl (C=O) groups excluding carboxylic acids is 2. The number of carbonyl (C=O) groups is 2. The molecular weight excluding hydrogens is 346 g/mol. The summed E-state index contributed by atoms with van der Waals surface area (Å²) >= 11 is 1.47. The van der Waals surface area contributed by atoms with Gasteiger partial charge >= 0.3 is 5.97 Å². The first kappa shape index (κ1) is 19.9. The van der Waals surface area contributed by atoms with E-state index in [4.69, 9.17) is 4.74 Å². The zero-order valence-electron chi connectivity index (χ0n) is 15.3. The van der Waals surface area contributed by atoms with Crippen molar-refractivity contribution in [1.82, 2.24) is 5.32 Å². The number of rotatable bonds is 9. The van der Waals surface area contributed by atoms with Crippen LogP contribution in [0.25, 0.3) is 11.6 Å². The number of ether oxygens (including phenoxy) is 1. The highest BCUT2D eigenvalue weighted by Gasteiger charge is 2.16. The Bertz CT molecular complexity index is 750. The Labute approximate surface area is 158 Å². The zero-order valence-corrected chi connectivity index (χ0v) is 16.1. The van der Waals surface area contributed by atoms with Crippen LogP contribution in [0.15, 0.2) is 41.8 Å². The molecule has 0 spiro atoms. The second kappa shape index (κ2) is 10.6. The van der Waals surface area contributed by atoms with Crippen LogP contribution in [0.2, 0.25) is 0 Å². The summed E-state index contributed by atoms with van der Waals surface area (Å²) in [6.45, 7) is 4.46. The summed E-state index contributed by atoms with van der Waals surface area (Å²) < 4.78 is 5.24. The van der Waals surface area contributed by atoms with Crippen LogP contribution in [0.5, 0.6) is 0 Å². The van der Waals surface area contributed by atoms with Gasteiger partial charge in [-0.2, -0.15) is 0 Å². The monoisotopic (exact) mass is 371 g/mol. The average molecular weight is 372 g/mol. The van der Waals surface area contributed by atoms with Gasteiger partial charge in [-0.15, -0.1) is 11.3 Å². The number of aryl methyl sites for hydroxylation is 1. The summed E-state index contributed by atoms with van der Waals surface area (Å²) in [5.74, 6) is -0.756. The summed E-state index contributed by atoms with van der Waals surface area (Å²) in [6, 6.07) is 11.7. The van der Waals surface area contributed by atoms with E-state index in [9.17, 15) is 9.59 Å². The van der Waals surface area contributed by atoms with Gasteiger partial charge in [-0.05, 0) is 36.4 Å². The molecule has 1 heterocycles. The fourth-order valence-electron chi connectivity index (χ4n) is 2.45. The van der Waals surface area contributed by atoms with Crippen LogP contribution in [-0.4, -0.2) is 25.0 Å². The first-order chi connectivity index (χ1) is 12.6. The Balaban J connectivity index is 2.02. The molecule has 4 nitrogen and oxygen atoms in total. The van der Waals surface area contributed by atoms with Gasteiger partial charge in [-0.3, -0.25) is 4.79 Å². The smallest absolute Gasteiger partial charge is 0.340 e. The van der Waals surface area contributed by atoms with E-state index < -0.39 is 5.97 Å². The Kier molecular flexibility index (Phi) is 8.09. The van der Waals surface area contributed by atoms with Crippen LogP contribution in [0.1, 0.15) is 42.2 Å². The van der Waals surface area contributed by atoms with Gasteiger partial charge in [-0.25, -0.2) is 4.79 Å². The van der Waals surface area contributed by atoms with Gasteiger partial charge in [0.15, 0.2) is 6.61 Å². The van der Waals surface area contributed by atoms with E-state index in [1.165, 1.54) is 11.3 Å². The fraction of sp³-hybridized carbons (Fsp3) is 0.333. The van der Waals surface area contributed by atoms with E-state index in [2.05, 4.69) is 12.2 Å². The number of amides is 1. The van der Waals surface area contributed by atoms with E-state index in [0.29, 0.717) is 12.1 Å². The van der Waals surface area contributed by atoms with Crippen molar-refractivity contribution in [2.45, 2.75) is 33.1 Å². The molecule has 0 saturated carbocycles. The highest BCUT2D eigenvalue weighted by Crippen LogP contribution is 2.24. The Morgan fingerprint density at radius 1 is 1.19 bits per heavy atom. The van der Waals surface area contributed by atoms with Crippen molar-refractivity contribution in [2.24, 2.45) is 0 Å². The van der Waals surface area contributed by atoms with E-state index in [1.807, 2.05) is 48.7 Å². The molecule has 1 aromatic carbocycles. The van der Waals surface area contributed by atoms with Crippen molar-refractivity contribution < 1.29 is 14.3 Å². The third kappa shape index (κ3) is 6.48. The van der Waals surface area contributed by atoms with E-state index in [1.54, 1.807) is 6.08 Å². The van der Waals surface area contributed by atoms with Crippen LogP contribution in [-0.2, 0) is 14.3 Å². The minimum atomic E-state index is -0.488. The first-order valence-electron chi connectivity index (χ1n) is 8.86. The van der Waals surface area contributed by atoms with Gasteiger partial charge in [0, 0.05) is 11.4 Å². The zero-order chi connectivity index (χ0) is 18.8. The van der Waals surface area contributed by atoms with Crippen LogP contribution < -0.4 is 5.32 Å². The molecule has 0 radical (unpaired) electrons. The highest BCUT2D eigenvalue weighted by atomic mass is 32.1. The minimum absolute atomic E-state index is 0.262. The number of unbranched alkanes of at least 4 members (excludes halogenated alkanes) is 2. The Hall–Kier alpha value is -2.40. The highest BCUT2D eigenvalue weighted by molar-refractivity contribution is 7.11. The molecule has 26 heavy (non-hydrogen) atoms. The topological polar surface area (TPSA) is 55.4 Å². The molecule has 0 unspecified atom stereocenters. The maximum Gasteiger partial charge on any atom is 0.340 e. The van der Waals surface area contributed by atoms with Crippen LogP contribution >= 0.6 is 11.3 Å². The second-order valence-corrected chi connectivity index (χ2v) is 7.03. The number of esters is 1. The molecule has 0 fully saturated rings. The molecule has 5 heteroatoms. The largest absolute Gasteiger partial charge is 0.452 e. The summed E-state index contributed by atoms with van der Waals surface area (Å²) in [5.41, 5.74) is 2.50. The van der Waals surface area contributed by atoms with Gasteiger partial charge in [0.25, 0.3) is 5.91 Å². The maximum atomic E-state index is 12.5. The maximum absolute atomic E-state index is 12.5. The number of benzene rings is 1. The van der Waals surface area contributed by atoms with Crippen LogP contribution in [0.3, 0.4) is 0 Å².